The van der Waals surface area contributed by atoms with E-state index >= 15 is 0 Å². The summed E-state index contributed by atoms with van der Waals surface area (Å²) in [5.74, 6) is 1.17. The van der Waals surface area contributed by atoms with Crippen molar-refractivity contribution in [2.45, 2.75) is 32.2 Å². The highest BCUT2D eigenvalue weighted by Gasteiger charge is 2.22. The monoisotopic (exact) mass is 317 g/mol. The van der Waals surface area contributed by atoms with Crippen LogP contribution in [-0.2, 0) is 0 Å². The number of hydrogen-bond acceptors (Lipinski definition) is 3. The molecule has 112 valence electrons. The van der Waals surface area contributed by atoms with Gasteiger partial charge in [-0.05, 0) is 38.4 Å². The fourth-order valence-electron chi connectivity index (χ4n) is 2.79. The summed E-state index contributed by atoms with van der Waals surface area (Å²) in [6, 6.07) is 4.03. The molecule has 1 aromatic carbocycles. The van der Waals surface area contributed by atoms with Gasteiger partial charge in [-0.2, -0.15) is 0 Å². The Morgan fingerprint density at radius 3 is 2.85 bits per heavy atom. The third-order valence-corrected chi connectivity index (χ3v) is 4.29. The molecule has 20 heavy (non-hydrogen) atoms. The van der Waals surface area contributed by atoms with Gasteiger partial charge in [-0.3, -0.25) is 0 Å². The zero-order chi connectivity index (χ0) is 14.5. The maximum Gasteiger partial charge on any atom is 0.179 e. The van der Waals surface area contributed by atoms with Crippen molar-refractivity contribution in [2.24, 2.45) is 0 Å². The van der Waals surface area contributed by atoms with Crippen LogP contribution in [-0.4, -0.2) is 37.7 Å². The Morgan fingerprint density at radius 2 is 2.15 bits per heavy atom. The highest BCUT2D eigenvalue weighted by Crippen LogP contribution is 2.38. The van der Waals surface area contributed by atoms with E-state index in [0.29, 0.717) is 34.2 Å². The summed E-state index contributed by atoms with van der Waals surface area (Å²) in [6.07, 6.45) is 3.55. The van der Waals surface area contributed by atoms with Crippen molar-refractivity contribution < 1.29 is 9.47 Å². The predicted octanol–water partition coefficient (Wildman–Crippen LogP) is 4.26. The van der Waals surface area contributed by atoms with Crippen LogP contribution < -0.4 is 9.47 Å². The van der Waals surface area contributed by atoms with Gasteiger partial charge in [0.25, 0.3) is 0 Å². The molecule has 1 heterocycles. The van der Waals surface area contributed by atoms with Crippen molar-refractivity contribution in [1.29, 1.82) is 0 Å². The topological polar surface area (TPSA) is 21.7 Å². The van der Waals surface area contributed by atoms with E-state index in [1.54, 1.807) is 19.2 Å². The van der Waals surface area contributed by atoms with Crippen molar-refractivity contribution in [3.05, 3.63) is 22.2 Å². The van der Waals surface area contributed by atoms with Gasteiger partial charge in [0, 0.05) is 17.1 Å². The molecule has 1 aliphatic heterocycles. The second-order valence-corrected chi connectivity index (χ2v) is 5.82. The van der Waals surface area contributed by atoms with Gasteiger partial charge in [0.1, 0.15) is 0 Å². The first-order valence-corrected chi connectivity index (χ1v) is 7.81. The lowest BCUT2D eigenvalue weighted by Crippen LogP contribution is -2.30. The lowest BCUT2D eigenvalue weighted by atomic mass is 10.1. The Kier molecular flexibility index (Phi) is 5.82. The normalized spacial score (nSPS) is 19.3. The molecule has 5 heteroatoms. The van der Waals surface area contributed by atoms with Gasteiger partial charge in [0.2, 0.25) is 0 Å². The molecule has 1 atom stereocenters. The van der Waals surface area contributed by atoms with Gasteiger partial charge < -0.3 is 14.4 Å². The van der Waals surface area contributed by atoms with Crippen LogP contribution in [0.25, 0.3) is 0 Å². The summed E-state index contributed by atoms with van der Waals surface area (Å²) in [6.45, 7) is 5.16. The maximum absolute atomic E-state index is 6.09. The number of methoxy groups -OCH3 is 1. The third kappa shape index (κ3) is 3.72. The molecule has 3 nitrogen and oxygen atoms in total. The van der Waals surface area contributed by atoms with Crippen LogP contribution in [0.3, 0.4) is 0 Å². The molecule has 1 aromatic rings. The molecule has 1 saturated heterocycles. The van der Waals surface area contributed by atoms with Crippen LogP contribution >= 0.6 is 23.2 Å². The van der Waals surface area contributed by atoms with Crippen LogP contribution in [0.1, 0.15) is 26.2 Å². The molecular weight excluding hydrogens is 297 g/mol. The lowest BCUT2D eigenvalue weighted by Gasteiger charge is -2.22. The fraction of sp³-hybridized carbons (Fsp3) is 0.600. The molecule has 0 spiro atoms. The van der Waals surface area contributed by atoms with Gasteiger partial charge in [0.15, 0.2) is 11.5 Å². The van der Waals surface area contributed by atoms with E-state index in [9.17, 15) is 0 Å². The molecule has 0 radical (unpaired) electrons. The van der Waals surface area contributed by atoms with Gasteiger partial charge in [-0.1, -0.05) is 30.1 Å². The molecule has 0 aromatic heterocycles. The number of benzene rings is 1. The molecular formula is C15H21Cl2NO2. The maximum atomic E-state index is 6.09. The molecule has 1 fully saturated rings. The second kappa shape index (κ2) is 7.39. The van der Waals surface area contributed by atoms with Crippen molar-refractivity contribution in [3.63, 3.8) is 0 Å². The molecule has 2 rings (SSSR count). The van der Waals surface area contributed by atoms with Crippen molar-refractivity contribution in [2.75, 3.05) is 26.8 Å². The molecule has 0 saturated carbocycles. The minimum Gasteiger partial charge on any atom is -0.491 e. The van der Waals surface area contributed by atoms with E-state index in [-0.39, 0.29) is 0 Å². The van der Waals surface area contributed by atoms with Crippen LogP contribution in [0.15, 0.2) is 12.1 Å². The van der Waals surface area contributed by atoms with E-state index in [1.807, 2.05) is 0 Å². The van der Waals surface area contributed by atoms with Gasteiger partial charge in [0.05, 0.1) is 18.7 Å². The predicted molar refractivity (Wildman–Crippen MR) is 83.4 cm³/mol. The van der Waals surface area contributed by atoms with E-state index in [4.69, 9.17) is 32.7 Å². The number of halogens is 2. The van der Waals surface area contributed by atoms with E-state index in [0.717, 1.165) is 13.0 Å². The summed E-state index contributed by atoms with van der Waals surface area (Å²) < 4.78 is 11.1. The standard InChI is InChI=1S/C15H21Cl2NO2/c1-3-18-7-4-5-12(18)6-8-20-14-10-11(16)9-13(17)15(14)19-2/h9-10,12H,3-8H2,1-2H3/t12-/m1/s1. The highest BCUT2D eigenvalue weighted by molar-refractivity contribution is 6.35. The van der Waals surface area contributed by atoms with Crippen molar-refractivity contribution >= 4 is 23.2 Å². The minimum absolute atomic E-state index is 0.478. The van der Waals surface area contributed by atoms with Crippen LogP contribution in [0.2, 0.25) is 10.0 Å². The smallest absolute Gasteiger partial charge is 0.179 e. The first-order valence-electron chi connectivity index (χ1n) is 7.05. The quantitative estimate of drug-likeness (QED) is 0.782. The SMILES string of the molecule is CCN1CCC[C@@H]1CCOc1cc(Cl)cc(Cl)c1OC. The van der Waals surface area contributed by atoms with E-state index in [1.165, 1.54) is 19.4 Å². The van der Waals surface area contributed by atoms with Crippen LogP contribution in [0, 0.1) is 0 Å². The van der Waals surface area contributed by atoms with Crippen LogP contribution in [0.4, 0.5) is 0 Å². The molecule has 1 aliphatic rings. The Balaban J connectivity index is 1.94. The van der Waals surface area contributed by atoms with Gasteiger partial charge in [-0.25, -0.2) is 0 Å². The number of ether oxygens (including phenoxy) is 2. The Morgan fingerprint density at radius 1 is 1.35 bits per heavy atom. The van der Waals surface area contributed by atoms with Gasteiger partial charge in [-0.15, -0.1) is 0 Å². The number of hydrogen-bond donors (Lipinski definition) is 0. The fourth-order valence-corrected chi connectivity index (χ4v) is 3.34. The van der Waals surface area contributed by atoms with E-state index < -0.39 is 0 Å². The Bertz CT molecular complexity index is 454. The third-order valence-electron chi connectivity index (χ3n) is 3.79. The van der Waals surface area contributed by atoms with Crippen molar-refractivity contribution in [3.8, 4) is 11.5 Å². The average Bonchev–Trinajstić information content (AvgIpc) is 2.86. The highest BCUT2D eigenvalue weighted by atomic mass is 35.5. The molecule has 0 unspecified atom stereocenters. The lowest BCUT2D eigenvalue weighted by molar-refractivity contribution is 0.208. The number of nitrogens with zero attached hydrogens (tertiary/aromatic N) is 1. The molecule has 0 aliphatic carbocycles. The summed E-state index contributed by atoms with van der Waals surface area (Å²) in [4.78, 5) is 2.51. The summed E-state index contributed by atoms with van der Waals surface area (Å²) in [5.41, 5.74) is 0. The van der Waals surface area contributed by atoms with Crippen molar-refractivity contribution in [1.82, 2.24) is 4.90 Å². The minimum atomic E-state index is 0.478. The molecule has 0 bridgehead atoms. The van der Waals surface area contributed by atoms with E-state index in [2.05, 4.69) is 11.8 Å². The first-order chi connectivity index (χ1) is 9.65. The molecule has 0 N–H and O–H groups in total. The Hall–Kier alpha value is -0.640. The number of rotatable bonds is 6. The second-order valence-electron chi connectivity index (χ2n) is 4.98. The molecule has 0 amide bonds. The summed E-state index contributed by atoms with van der Waals surface area (Å²) in [5, 5.41) is 1.04. The zero-order valence-corrected chi connectivity index (χ0v) is 13.5. The Labute approximate surface area is 130 Å². The average molecular weight is 318 g/mol. The van der Waals surface area contributed by atoms with Gasteiger partial charge >= 0.3 is 0 Å². The zero-order valence-electron chi connectivity index (χ0n) is 12.0. The largest absolute Gasteiger partial charge is 0.491 e. The first kappa shape index (κ1) is 15.7. The van der Waals surface area contributed by atoms with Crippen LogP contribution in [0.5, 0.6) is 11.5 Å². The summed E-state index contributed by atoms with van der Waals surface area (Å²) >= 11 is 12.1. The summed E-state index contributed by atoms with van der Waals surface area (Å²) in [7, 11) is 1.58. The number of likely N-dealkylation sites (tertiary alicyclic amines) is 1.